The second-order valence-corrected chi connectivity index (χ2v) is 4.12. The van der Waals surface area contributed by atoms with Crippen molar-refractivity contribution in [1.29, 1.82) is 5.26 Å². The molecule has 1 atom stereocenters. The molecule has 0 aliphatic carbocycles. The molecule has 5 nitrogen and oxygen atoms in total. The summed E-state index contributed by atoms with van der Waals surface area (Å²) >= 11 is 5.98. The van der Waals surface area contributed by atoms with E-state index in [0.717, 1.165) is 0 Å². The number of hydrogen-bond acceptors (Lipinski definition) is 5. The molecule has 1 saturated heterocycles. The summed E-state index contributed by atoms with van der Waals surface area (Å²) in [7, 11) is 0. The van der Waals surface area contributed by atoms with Crippen LogP contribution in [-0.2, 0) is 9.53 Å². The maximum absolute atomic E-state index is 11.3. The third-order valence-corrected chi connectivity index (χ3v) is 2.82. The smallest absolute Gasteiger partial charge is 0.328 e. The fourth-order valence-corrected chi connectivity index (χ4v) is 1.79. The molecule has 2 rings (SSSR count). The topological polar surface area (TPSA) is 75.0 Å². The Morgan fingerprint density at radius 3 is 3.06 bits per heavy atom. The average Bonchev–Trinajstić information content (AvgIpc) is 2.69. The number of ether oxygens (including phenoxy) is 1. The molecule has 0 spiro atoms. The van der Waals surface area contributed by atoms with Gasteiger partial charge in [0.05, 0.1) is 22.9 Å². The first-order valence-electron chi connectivity index (χ1n) is 5.12. The predicted octanol–water partition coefficient (Wildman–Crippen LogP) is 1.64. The Morgan fingerprint density at radius 1 is 1.71 bits per heavy atom. The molecule has 1 N–H and O–H groups in total. The number of rotatable bonds is 2. The van der Waals surface area contributed by atoms with Crippen molar-refractivity contribution >= 4 is 23.4 Å². The summed E-state index contributed by atoms with van der Waals surface area (Å²) in [4.78, 5) is 15.5. The highest BCUT2D eigenvalue weighted by Crippen LogP contribution is 2.24. The molecule has 1 fully saturated rings. The van der Waals surface area contributed by atoms with Crippen molar-refractivity contribution in [2.75, 3.05) is 11.9 Å². The fraction of sp³-hybridized carbons (Fsp3) is 0.364. The van der Waals surface area contributed by atoms with E-state index in [0.29, 0.717) is 35.1 Å². The summed E-state index contributed by atoms with van der Waals surface area (Å²) in [6.45, 7) is 2.12. The highest BCUT2D eigenvalue weighted by Gasteiger charge is 2.27. The number of aryl methyl sites for hydroxylation is 1. The maximum atomic E-state index is 11.3. The SMILES string of the molecule is Cc1nc(N[C@H]2CCOC2=O)c(Cl)cc1C#N. The normalized spacial score (nSPS) is 18.6. The van der Waals surface area contributed by atoms with Gasteiger partial charge >= 0.3 is 5.97 Å². The largest absolute Gasteiger partial charge is 0.464 e. The molecule has 1 aliphatic rings. The zero-order valence-corrected chi connectivity index (χ0v) is 9.91. The quantitative estimate of drug-likeness (QED) is 0.809. The van der Waals surface area contributed by atoms with Crippen LogP contribution in [-0.4, -0.2) is 23.6 Å². The van der Waals surface area contributed by atoms with Crippen LogP contribution in [0.1, 0.15) is 17.7 Å². The lowest BCUT2D eigenvalue weighted by atomic mass is 10.2. The van der Waals surface area contributed by atoms with Crippen LogP contribution in [0.15, 0.2) is 6.07 Å². The van der Waals surface area contributed by atoms with Gasteiger partial charge in [-0.2, -0.15) is 5.26 Å². The predicted molar refractivity (Wildman–Crippen MR) is 61.7 cm³/mol. The number of carbonyl (C=O) groups is 1. The summed E-state index contributed by atoms with van der Waals surface area (Å²) in [6.07, 6.45) is 0.593. The number of esters is 1. The van der Waals surface area contributed by atoms with E-state index < -0.39 is 6.04 Å². The second kappa shape index (κ2) is 4.60. The van der Waals surface area contributed by atoms with E-state index in [4.69, 9.17) is 21.6 Å². The van der Waals surface area contributed by atoms with Crippen LogP contribution in [0.4, 0.5) is 5.82 Å². The Kier molecular flexibility index (Phi) is 3.16. The number of pyridine rings is 1. The summed E-state index contributed by atoms with van der Waals surface area (Å²) < 4.78 is 4.83. The van der Waals surface area contributed by atoms with E-state index in [2.05, 4.69) is 10.3 Å². The second-order valence-electron chi connectivity index (χ2n) is 3.72. The van der Waals surface area contributed by atoms with E-state index >= 15 is 0 Å². The highest BCUT2D eigenvalue weighted by atomic mass is 35.5. The van der Waals surface area contributed by atoms with Crippen molar-refractivity contribution in [2.24, 2.45) is 0 Å². The van der Waals surface area contributed by atoms with Crippen molar-refractivity contribution in [2.45, 2.75) is 19.4 Å². The minimum absolute atomic E-state index is 0.301. The third kappa shape index (κ3) is 2.32. The fourth-order valence-electron chi connectivity index (χ4n) is 1.59. The van der Waals surface area contributed by atoms with Gasteiger partial charge in [-0.25, -0.2) is 9.78 Å². The Hall–Kier alpha value is -1.80. The van der Waals surface area contributed by atoms with Crippen molar-refractivity contribution in [1.82, 2.24) is 4.98 Å². The van der Waals surface area contributed by atoms with Crippen molar-refractivity contribution < 1.29 is 9.53 Å². The highest BCUT2D eigenvalue weighted by molar-refractivity contribution is 6.33. The number of aromatic nitrogens is 1. The Labute approximate surface area is 103 Å². The Bertz CT molecular complexity index is 510. The van der Waals surface area contributed by atoms with Gasteiger partial charge in [0, 0.05) is 6.42 Å². The first-order chi connectivity index (χ1) is 8.11. The van der Waals surface area contributed by atoms with Gasteiger partial charge in [-0.1, -0.05) is 11.6 Å². The minimum atomic E-state index is -0.410. The number of hydrogen-bond donors (Lipinski definition) is 1. The molecule has 1 aromatic rings. The summed E-state index contributed by atoms with van der Waals surface area (Å²) in [6, 6.07) is 3.12. The van der Waals surface area contributed by atoms with Crippen LogP contribution in [0.2, 0.25) is 5.02 Å². The molecule has 2 heterocycles. The van der Waals surface area contributed by atoms with Crippen LogP contribution in [0.3, 0.4) is 0 Å². The van der Waals surface area contributed by atoms with Gasteiger partial charge in [0.25, 0.3) is 0 Å². The minimum Gasteiger partial charge on any atom is -0.464 e. The van der Waals surface area contributed by atoms with Gasteiger partial charge in [0.15, 0.2) is 0 Å². The van der Waals surface area contributed by atoms with Crippen molar-refractivity contribution in [3.05, 3.63) is 22.3 Å². The molecule has 1 aromatic heterocycles. The molecule has 88 valence electrons. The molecule has 0 amide bonds. The number of cyclic esters (lactones) is 1. The van der Waals surface area contributed by atoms with Crippen LogP contribution in [0.5, 0.6) is 0 Å². The standard InChI is InChI=1S/C11H10ClN3O2/c1-6-7(5-13)4-8(12)10(14-6)15-9-2-3-17-11(9)16/h4,9H,2-3H2,1H3,(H,14,15)/t9-/m0/s1. The summed E-state index contributed by atoms with van der Waals surface area (Å²) in [5.41, 5.74) is 1.00. The number of halogens is 1. The summed E-state index contributed by atoms with van der Waals surface area (Å²) in [5, 5.41) is 12.1. The van der Waals surface area contributed by atoms with E-state index in [9.17, 15) is 4.79 Å². The van der Waals surface area contributed by atoms with Crippen LogP contribution >= 0.6 is 11.6 Å². The lowest BCUT2D eigenvalue weighted by Gasteiger charge is -2.12. The Balaban J connectivity index is 2.25. The third-order valence-electron chi connectivity index (χ3n) is 2.53. The van der Waals surface area contributed by atoms with Crippen LogP contribution in [0.25, 0.3) is 0 Å². The van der Waals surface area contributed by atoms with Gasteiger partial charge in [-0.3, -0.25) is 0 Å². The molecule has 6 heteroatoms. The molecule has 0 aromatic carbocycles. The molecule has 0 radical (unpaired) electrons. The number of nitrogens with zero attached hydrogens (tertiary/aromatic N) is 2. The Morgan fingerprint density at radius 2 is 2.47 bits per heavy atom. The monoisotopic (exact) mass is 251 g/mol. The molecular weight excluding hydrogens is 242 g/mol. The zero-order chi connectivity index (χ0) is 12.4. The number of nitriles is 1. The van der Waals surface area contributed by atoms with E-state index in [1.54, 1.807) is 6.92 Å². The number of anilines is 1. The van der Waals surface area contributed by atoms with Gasteiger partial charge < -0.3 is 10.1 Å². The average molecular weight is 252 g/mol. The summed E-state index contributed by atoms with van der Waals surface area (Å²) in [5.74, 6) is 0.108. The van der Waals surface area contributed by atoms with Gasteiger partial charge in [0.1, 0.15) is 17.9 Å². The van der Waals surface area contributed by atoms with E-state index in [1.807, 2.05) is 6.07 Å². The first-order valence-corrected chi connectivity index (χ1v) is 5.50. The molecule has 1 aliphatic heterocycles. The van der Waals surface area contributed by atoms with Crippen LogP contribution in [0, 0.1) is 18.3 Å². The number of nitrogens with one attached hydrogen (secondary N) is 1. The molecule has 0 saturated carbocycles. The van der Waals surface area contributed by atoms with Gasteiger partial charge in [-0.15, -0.1) is 0 Å². The molecule has 0 unspecified atom stereocenters. The maximum Gasteiger partial charge on any atom is 0.328 e. The van der Waals surface area contributed by atoms with Crippen molar-refractivity contribution in [3.63, 3.8) is 0 Å². The molecule has 0 bridgehead atoms. The zero-order valence-electron chi connectivity index (χ0n) is 9.16. The van der Waals surface area contributed by atoms with E-state index in [-0.39, 0.29) is 5.97 Å². The lowest BCUT2D eigenvalue weighted by Crippen LogP contribution is -2.25. The van der Waals surface area contributed by atoms with Gasteiger partial charge in [0.2, 0.25) is 0 Å². The van der Waals surface area contributed by atoms with Crippen LogP contribution < -0.4 is 5.32 Å². The first kappa shape index (κ1) is 11.7. The number of carbonyl (C=O) groups excluding carboxylic acids is 1. The van der Waals surface area contributed by atoms with Crippen molar-refractivity contribution in [3.8, 4) is 6.07 Å². The van der Waals surface area contributed by atoms with Gasteiger partial charge in [-0.05, 0) is 13.0 Å². The van der Waals surface area contributed by atoms with E-state index in [1.165, 1.54) is 6.07 Å². The molecule has 17 heavy (non-hydrogen) atoms. The lowest BCUT2D eigenvalue weighted by molar-refractivity contribution is -0.138. The molecular formula is C11H10ClN3O2.